The Morgan fingerprint density at radius 1 is 1.31 bits per heavy atom. The molecule has 1 amide bonds. The summed E-state index contributed by atoms with van der Waals surface area (Å²) in [4.78, 5) is 18.7. The van der Waals surface area contributed by atoms with E-state index < -0.39 is 0 Å². The normalized spacial score (nSPS) is 21.2. The number of likely N-dealkylation sites (N-methyl/N-ethyl adjacent to an activating group) is 1. The number of nitrogens with zero attached hydrogens (tertiary/aromatic N) is 3. The van der Waals surface area contributed by atoms with Crippen LogP contribution in [0.1, 0.15) is 57.6 Å². The quantitative estimate of drug-likeness (QED) is 0.497. The summed E-state index contributed by atoms with van der Waals surface area (Å²) in [5.74, 6) is -0.0807. The zero-order valence-corrected chi connectivity index (χ0v) is 22.5. The number of rotatable bonds is 9. The molecule has 3 aliphatic rings. The van der Waals surface area contributed by atoms with Gasteiger partial charge in [-0.15, -0.1) is 0 Å². The highest BCUT2D eigenvalue weighted by Crippen LogP contribution is 2.36. The van der Waals surface area contributed by atoms with Crippen molar-refractivity contribution >= 4 is 11.6 Å². The van der Waals surface area contributed by atoms with Crippen LogP contribution in [0.4, 0.5) is 10.1 Å². The monoisotopic (exact) mass is 492 g/mol. The van der Waals surface area contributed by atoms with Crippen LogP contribution in [0.5, 0.6) is 0 Å². The van der Waals surface area contributed by atoms with E-state index in [-0.39, 0.29) is 23.3 Å². The molecule has 2 atom stereocenters. The zero-order chi connectivity index (χ0) is 25.9. The average molecular weight is 493 g/mol. The van der Waals surface area contributed by atoms with E-state index in [0.717, 1.165) is 63.1 Å². The van der Waals surface area contributed by atoms with Crippen molar-refractivity contribution in [2.24, 2.45) is 0 Å². The third-order valence-corrected chi connectivity index (χ3v) is 8.01. The molecule has 0 fully saturated rings. The van der Waals surface area contributed by atoms with E-state index in [4.69, 9.17) is 0 Å². The van der Waals surface area contributed by atoms with Gasteiger partial charge in [0.2, 0.25) is 5.91 Å². The molecule has 1 N–H and O–H groups in total. The highest BCUT2D eigenvalue weighted by Gasteiger charge is 2.37. The second-order valence-electron chi connectivity index (χ2n) is 10.4. The van der Waals surface area contributed by atoms with E-state index in [1.807, 2.05) is 17.1 Å². The standard InChI is InChI=1S/C30H41FN4O/c1-6-30(32-4,29-11-8-17-34(29)27-10-7-9-26(31)13-14-27)16-18-33(5)21-24-12-15-28-25(20-24)19-22(2)35(28)23(3)36/h7,9,11-15,20,22,32H,6,8,10,16-19,21H2,1-5H3. The molecule has 0 radical (unpaired) electrons. The van der Waals surface area contributed by atoms with Gasteiger partial charge in [-0.05, 0) is 82.1 Å². The molecular formula is C30H41FN4O. The Hall–Kier alpha value is -2.70. The topological polar surface area (TPSA) is 38.8 Å². The van der Waals surface area contributed by atoms with Gasteiger partial charge in [-0.1, -0.05) is 31.2 Å². The molecule has 0 spiro atoms. The molecule has 5 nitrogen and oxygen atoms in total. The highest BCUT2D eigenvalue weighted by atomic mass is 19.1. The maximum Gasteiger partial charge on any atom is 0.224 e. The summed E-state index contributed by atoms with van der Waals surface area (Å²) in [6.45, 7) is 8.76. The lowest BCUT2D eigenvalue weighted by molar-refractivity contribution is -0.116. The van der Waals surface area contributed by atoms with E-state index in [9.17, 15) is 9.18 Å². The molecule has 2 aliphatic heterocycles. The van der Waals surface area contributed by atoms with Crippen LogP contribution >= 0.6 is 0 Å². The average Bonchev–Trinajstić information content (AvgIpc) is 3.40. The summed E-state index contributed by atoms with van der Waals surface area (Å²) in [6, 6.07) is 6.77. The minimum Gasteiger partial charge on any atom is -0.347 e. The lowest BCUT2D eigenvalue weighted by Crippen LogP contribution is -2.50. The van der Waals surface area contributed by atoms with E-state index in [1.165, 1.54) is 16.8 Å². The number of anilines is 1. The predicted octanol–water partition coefficient (Wildman–Crippen LogP) is 5.46. The number of hydrogen-bond acceptors (Lipinski definition) is 4. The first-order valence-corrected chi connectivity index (χ1v) is 13.3. The fourth-order valence-electron chi connectivity index (χ4n) is 6.06. The van der Waals surface area contributed by atoms with Gasteiger partial charge in [-0.2, -0.15) is 0 Å². The maximum atomic E-state index is 13.8. The Balaban J connectivity index is 1.44. The zero-order valence-electron chi connectivity index (χ0n) is 22.5. The van der Waals surface area contributed by atoms with E-state index in [0.29, 0.717) is 0 Å². The van der Waals surface area contributed by atoms with E-state index in [2.05, 4.69) is 67.3 Å². The summed E-state index contributed by atoms with van der Waals surface area (Å²) in [5.41, 5.74) is 5.94. The summed E-state index contributed by atoms with van der Waals surface area (Å²) in [5, 5.41) is 3.67. The van der Waals surface area contributed by atoms with Crippen molar-refractivity contribution in [3.8, 4) is 0 Å². The Morgan fingerprint density at radius 3 is 2.83 bits per heavy atom. The molecule has 0 saturated carbocycles. The molecule has 36 heavy (non-hydrogen) atoms. The molecule has 2 unspecified atom stereocenters. The lowest BCUT2D eigenvalue weighted by atomic mass is 9.87. The first kappa shape index (κ1) is 26.4. The van der Waals surface area contributed by atoms with Crippen LogP contribution in [0, 0.1) is 0 Å². The molecule has 1 aliphatic carbocycles. The van der Waals surface area contributed by atoms with Crippen LogP contribution in [0.25, 0.3) is 0 Å². The van der Waals surface area contributed by atoms with Crippen molar-refractivity contribution in [2.45, 2.75) is 71.0 Å². The molecule has 4 rings (SSSR count). The SMILES string of the molecule is CCC(CCN(C)Cc1ccc2c(c1)CC(C)N2C(C)=O)(NC)C1=CCCN1C1=CC=C(F)C=CC1. The molecule has 2 heterocycles. The number of halogens is 1. The fourth-order valence-corrected chi connectivity index (χ4v) is 6.06. The smallest absolute Gasteiger partial charge is 0.224 e. The highest BCUT2D eigenvalue weighted by molar-refractivity contribution is 5.94. The van der Waals surface area contributed by atoms with Crippen molar-refractivity contribution in [1.29, 1.82) is 0 Å². The molecule has 1 aromatic rings. The largest absolute Gasteiger partial charge is 0.347 e. The number of carbonyl (C=O) groups excluding carboxylic acids is 1. The van der Waals surface area contributed by atoms with Crippen molar-refractivity contribution in [3.63, 3.8) is 0 Å². The molecule has 1 aromatic carbocycles. The minimum absolute atomic E-state index is 0.112. The van der Waals surface area contributed by atoms with Gasteiger partial charge in [-0.25, -0.2) is 4.39 Å². The molecule has 0 aromatic heterocycles. The number of hydrogen-bond donors (Lipinski definition) is 1. The van der Waals surface area contributed by atoms with Crippen molar-refractivity contribution in [2.75, 3.05) is 32.1 Å². The molecular weight excluding hydrogens is 451 g/mol. The van der Waals surface area contributed by atoms with E-state index in [1.54, 1.807) is 19.1 Å². The van der Waals surface area contributed by atoms with Crippen LogP contribution in [0.2, 0.25) is 0 Å². The molecule has 6 heteroatoms. The van der Waals surface area contributed by atoms with Gasteiger partial charge in [0.05, 0.1) is 5.54 Å². The van der Waals surface area contributed by atoms with Crippen molar-refractivity contribution in [1.82, 2.24) is 15.1 Å². The van der Waals surface area contributed by atoms with Gasteiger partial charge < -0.3 is 20.0 Å². The third kappa shape index (κ3) is 5.35. The van der Waals surface area contributed by atoms with Gasteiger partial charge in [-0.3, -0.25) is 4.79 Å². The molecule has 194 valence electrons. The number of fused-ring (bicyclic) bond motifs is 1. The predicted molar refractivity (Wildman–Crippen MR) is 146 cm³/mol. The van der Waals surface area contributed by atoms with Crippen LogP contribution < -0.4 is 10.2 Å². The summed E-state index contributed by atoms with van der Waals surface area (Å²) < 4.78 is 13.8. The molecule has 0 saturated heterocycles. The first-order chi connectivity index (χ1) is 17.3. The second-order valence-corrected chi connectivity index (χ2v) is 10.4. The third-order valence-electron chi connectivity index (χ3n) is 8.01. The summed E-state index contributed by atoms with van der Waals surface area (Å²) in [6.07, 6.45) is 13.9. The Labute approximate surface area is 216 Å². The summed E-state index contributed by atoms with van der Waals surface area (Å²) >= 11 is 0. The number of amides is 1. The van der Waals surface area contributed by atoms with Crippen LogP contribution in [0.3, 0.4) is 0 Å². The minimum atomic E-state index is -0.193. The summed E-state index contributed by atoms with van der Waals surface area (Å²) in [7, 11) is 4.24. The van der Waals surface area contributed by atoms with Gasteiger partial charge in [0.1, 0.15) is 5.83 Å². The first-order valence-electron chi connectivity index (χ1n) is 13.3. The van der Waals surface area contributed by atoms with Crippen LogP contribution in [-0.4, -0.2) is 54.5 Å². The number of carbonyl (C=O) groups is 1. The van der Waals surface area contributed by atoms with Gasteiger partial charge in [0.15, 0.2) is 0 Å². The second kappa shape index (κ2) is 11.1. The van der Waals surface area contributed by atoms with Crippen molar-refractivity contribution < 1.29 is 9.18 Å². The maximum absolute atomic E-state index is 13.8. The van der Waals surface area contributed by atoms with Crippen LogP contribution in [-0.2, 0) is 17.8 Å². The fraction of sp³-hybridized carbons (Fsp3) is 0.500. The Morgan fingerprint density at radius 2 is 2.11 bits per heavy atom. The lowest BCUT2D eigenvalue weighted by Gasteiger charge is -2.41. The number of allylic oxidation sites excluding steroid dienone is 5. The van der Waals surface area contributed by atoms with Gasteiger partial charge in [0, 0.05) is 56.1 Å². The van der Waals surface area contributed by atoms with Gasteiger partial charge in [0.25, 0.3) is 0 Å². The van der Waals surface area contributed by atoms with Gasteiger partial charge >= 0.3 is 0 Å². The van der Waals surface area contributed by atoms with Crippen LogP contribution in [0.15, 0.2) is 65.8 Å². The van der Waals surface area contributed by atoms with Crippen molar-refractivity contribution in [3.05, 3.63) is 76.9 Å². The Kier molecular flexibility index (Phi) is 8.16. The number of benzene rings is 1. The molecule has 0 bridgehead atoms. The number of nitrogens with one attached hydrogen (secondary N) is 1. The van der Waals surface area contributed by atoms with E-state index >= 15 is 0 Å². The Bertz CT molecular complexity index is 1100.